The first-order valence-corrected chi connectivity index (χ1v) is 6.82. The molecular weight excluding hydrogens is 262 g/mol. The number of esters is 1. The molecule has 1 rings (SSSR count). The molecule has 0 aromatic rings. The lowest BCUT2D eigenvalue weighted by Gasteiger charge is -2.29. The first kappa shape index (κ1) is 14.9. The van der Waals surface area contributed by atoms with E-state index in [0.717, 1.165) is 8.61 Å². The molecule has 104 valence electrons. The number of ether oxygens (including phenoxy) is 1. The predicted octanol–water partition coefficient (Wildman–Crippen LogP) is -1.84. The van der Waals surface area contributed by atoms with Crippen LogP contribution in [0.5, 0.6) is 0 Å². The fourth-order valence-corrected chi connectivity index (χ4v) is 2.79. The molecule has 18 heavy (non-hydrogen) atoms. The van der Waals surface area contributed by atoms with Crippen LogP contribution in [-0.4, -0.2) is 69.2 Å². The molecule has 0 atom stereocenters. The molecule has 1 amide bonds. The summed E-state index contributed by atoms with van der Waals surface area (Å²) in [5.41, 5.74) is 0. The number of hydrogen-bond donors (Lipinski definition) is 1. The third-order valence-corrected chi connectivity index (χ3v) is 4.52. The Bertz CT molecular complexity index is 422. The lowest BCUT2D eigenvalue weighted by molar-refractivity contribution is -0.140. The van der Waals surface area contributed by atoms with Crippen LogP contribution in [0, 0.1) is 0 Å². The van der Waals surface area contributed by atoms with E-state index in [1.54, 1.807) is 0 Å². The summed E-state index contributed by atoms with van der Waals surface area (Å²) in [6.45, 7) is 0.359. The van der Waals surface area contributed by atoms with Gasteiger partial charge in [0.2, 0.25) is 5.91 Å². The van der Waals surface area contributed by atoms with Gasteiger partial charge in [-0.25, -0.2) is 0 Å². The highest BCUT2D eigenvalue weighted by Crippen LogP contribution is 2.08. The zero-order chi connectivity index (χ0) is 13.8. The molecule has 0 aromatic heterocycles. The van der Waals surface area contributed by atoms with Crippen molar-refractivity contribution in [1.29, 1.82) is 0 Å². The van der Waals surface area contributed by atoms with Gasteiger partial charge in [-0.3, -0.25) is 9.59 Å². The van der Waals surface area contributed by atoms with Crippen molar-refractivity contribution in [3.8, 4) is 0 Å². The van der Waals surface area contributed by atoms with E-state index < -0.39 is 16.2 Å². The van der Waals surface area contributed by atoms with E-state index in [2.05, 4.69) is 10.1 Å². The topological polar surface area (TPSA) is 96.0 Å². The van der Waals surface area contributed by atoms with Crippen LogP contribution in [0.1, 0.15) is 6.42 Å². The van der Waals surface area contributed by atoms with Gasteiger partial charge in [0.15, 0.2) is 0 Å². The van der Waals surface area contributed by atoms with Crippen molar-refractivity contribution in [2.45, 2.75) is 6.42 Å². The van der Waals surface area contributed by atoms with Gasteiger partial charge in [0.1, 0.15) is 0 Å². The van der Waals surface area contributed by atoms with Crippen molar-refractivity contribution in [3.05, 3.63) is 0 Å². The van der Waals surface area contributed by atoms with Crippen LogP contribution in [-0.2, 0) is 24.5 Å². The Balaban J connectivity index is 2.61. The highest BCUT2D eigenvalue weighted by atomic mass is 32.2. The lowest BCUT2D eigenvalue weighted by Crippen LogP contribution is -2.53. The number of rotatable bonds is 5. The molecule has 0 aromatic carbocycles. The molecule has 0 radical (unpaired) electrons. The van der Waals surface area contributed by atoms with Gasteiger partial charge in [0.05, 0.1) is 20.1 Å². The summed E-state index contributed by atoms with van der Waals surface area (Å²) in [5, 5.41) is 2.54. The van der Waals surface area contributed by atoms with Crippen LogP contribution in [0.3, 0.4) is 0 Å². The number of piperazine rings is 1. The summed E-state index contributed by atoms with van der Waals surface area (Å²) in [6, 6.07) is 0. The van der Waals surface area contributed by atoms with E-state index in [9.17, 15) is 18.0 Å². The standard InChI is InChI=1S/C9H17N3O5S/c1-11(5-3-9(14)17-2)18(15,16)12-6-4-10-8(13)7-12/h3-7H2,1-2H3,(H,10,13). The Morgan fingerprint density at radius 3 is 2.78 bits per heavy atom. The Kier molecular flexibility index (Phi) is 5.05. The lowest BCUT2D eigenvalue weighted by atomic mass is 10.4. The third kappa shape index (κ3) is 3.65. The minimum absolute atomic E-state index is 0.0210. The Labute approximate surface area is 106 Å². The quantitative estimate of drug-likeness (QED) is 0.596. The van der Waals surface area contributed by atoms with Crippen LogP contribution in [0.2, 0.25) is 0 Å². The van der Waals surface area contributed by atoms with Crippen LogP contribution in [0.4, 0.5) is 0 Å². The second kappa shape index (κ2) is 6.12. The molecule has 0 bridgehead atoms. The second-order valence-corrected chi connectivity index (χ2v) is 5.87. The second-order valence-electron chi connectivity index (χ2n) is 3.84. The maximum atomic E-state index is 12.1. The van der Waals surface area contributed by atoms with Crippen LogP contribution < -0.4 is 5.32 Å². The monoisotopic (exact) mass is 279 g/mol. The molecule has 1 fully saturated rings. The van der Waals surface area contributed by atoms with Crippen molar-refractivity contribution in [2.24, 2.45) is 0 Å². The smallest absolute Gasteiger partial charge is 0.306 e. The van der Waals surface area contributed by atoms with Gasteiger partial charge in [0.25, 0.3) is 10.2 Å². The van der Waals surface area contributed by atoms with Gasteiger partial charge >= 0.3 is 5.97 Å². The first-order chi connectivity index (χ1) is 8.37. The Hall–Kier alpha value is -1.19. The summed E-state index contributed by atoms with van der Waals surface area (Å²) in [5.74, 6) is -0.806. The molecular formula is C9H17N3O5S. The summed E-state index contributed by atoms with van der Waals surface area (Å²) < 4.78 is 30.7. The summed E-state index contributed by atoms with van der Waals surface area (Å²) >= 11 is 0. The highest BCUT2D eigenvalue weighted by molar-refractivity contribution is 7.86. The minimum atomic E-state index is -3.70. The zero-order valence-electron chi connectivity index (χ0n) is 10.4. The molecule has 9 heteroatoms. The van der Waals surface area contributed by atoms with Crippen molar-refractivity contribution < 1.29 is 22.7 Å². The molecule has 1 heterocycles. The number of amides is 1. The molecule has 8 nitrogen and oxygen atoms in total. The van der Waals surface area contributed by atoms with Gasteiger partial charge in [-0.05, 0) is 0 Å². The molecule has 0 spiro atoms. The van der Waals surface area contributed by atoms with Crippen molar-refractivity contribution >= 4 is 22.1 Å². The summed E-state index contributed by atoms with van der Waals surface area (Å²) in [6.07, 6.45) is -0.0216. The normalized spacial score (nSPS) is 17.6. The van der Waals surface area contributed by atoms with E-state index in [-0.39, 0.29) is 32.0 Å². The van der Waals surface area contributed by atoms with E-state index >= 15 is 0 Å². The van der Waals surface area contributed by atoms with E-state index in [0.29, 0.717) is 6.54 Å². The van der Waals surface area contributed by atoms with Crippen molar-refractivity contribution in [3.63, 3.8) is 0 Å². The average Bonchev–Trinajstić information content (AvgIpc) is 2.35. The first-order valence-electron chi connectivity index (χ1n) is 5.43. The number of carbonyl (C=O) groups excluding carboxylic acids is 2. The van der Waals surface area contributed by atoms with Gasteiger partial charge in [-0.15, -0.1) is 0 Å². The largest absolute Gasteiger partial charge is 0.469 e. The molecule has 1 aliphatic rings. The summed E-state index contributed by atoms with van der Waals surface area (Å²) in [7, 11) is -1.09. The van der Waals surface area contributed by atoms with Gasteiger partial charge in [0, 0.05) is 26.7 Å². The average molecular weight is 279 g/mol. The SMILES string of the molecule is COC(=O)CCN(C)S(=O)(=O)N1CCNC(=O)C1. The zero-order valence-corrected chi connectivity index (χ0v) is 11.2. The fraction of sp³-hybridized carbons (Fsp3) is 0.778. The number of hydrogen-bond acceptors (Lipinski definition) is 5. The third-order valence-electron chi connectivity index (χ3n) is 2.58. The molecule has 0 unspecified atom stereocenters. The van der Waals surface area contributed by atoms with E-state index in [1.165, 1.54) is 14.2 Å². The predicted molar refractivity (Wildman–Crippen MR) is 62.8 cm³/mol. The van der Waals surface area contributed by atoms with Gasteiger partial charge in [-0.2, -0.15) is 17.0 Å². The van der Waals surface area contributed by atoms with E-state index in [4.69, 9.17) is 0 Å². The van der Waals surface area contributed by atoms with Crippen LogP contribution in [0.15, 0.2) is 0 Å². The maximum Gasteiger partial charge on any atom is 0.306 e. The van der Waals surface area contributed by atoms with E-state index in [1.807, 2.05) is 0 Å². The molecule has 1 saturated heterocycles. The molecule has 0 saturated carbocycles. The maximum absolute atomic E-state index is 12.1. The van der Waals surface area contributed by atoms with Gasteiger partial charge in [-0.1, -0.05) is 0 Å². The van der Waals surface area contributed by atoms with Crippen molar-refractivity contribution in [2.75, 3.05) is 40.3 Å². The Morgan fingerprint density at radius 1 is 1.56 bits per heavy atom. The minimum Gasteiger partial charge on any atom is -0.469 e. The van der Waals surface area contributed by atoms with Crippen molar-refractivity contribution in [1.82, 2.24) is 13.9 Å². The Morgan fingerprint density at radius 2 is 2.22 bits per heavy atom. The number of nitrogens with zero attached hydrogens (tertiary/aromatic N) is 2. The molecule has 1 N–H and O–H groups in total. The number of nitrogens with one attached hydrogen (secondary N) is 1. The summed E-state index contributed by atoms with van der Waals surface area (Å²) in [4.78, 5) is 22.1. The number of carbonyl (C=O) groups is 2. The fourth-order valence-electron chi connectivity index (χ4n) is 1.48. The molecule has 0 aliphatic carbocycles. The van der Waals surface area contributed by atoms with Crippen LogP contribution in [0.25, 0.3) is 0 Å². The number of methoxy groups -OCH3 is 1. The van der Waals surface area contributed by atoms with Crippen LogP contribution >= 0.6 is 0 Å². The van der Waals surface area contributed by atoms with Gasteiger partial charge < -0.3 is 10.1 Å². The highest BCUT2D eigenvalue weighted by Gasteiger charge is 2.31. The molecule has 1 aliphatic heterocycles.